The molecular formula is H5FeMnO5PZn. The SMILES string of the molecule is O.O=P(O)(O)O.[Fe].[Mn].[Zn]. The first-order chi connectivity index (χ1) is 2.00. The topological polar surface area (TPSA) is 109 Å². The summed E-state index contributed by atoms with van der Waals surface area (Å²) in [6.45, 7) is 0. The maximum absolute atomic E-state index is 8.88. The van der Waals surface area contributed by atoms with E-state index in [1.54, 1.807) is 0 Å². The van der Waals surface area contributed by atoms with E-state index in [1.165, 1.54) is 0 Å². The Labute approximate surface area is 85.9 Å². The van der Waals surface area contributed by atoms with E-state index >= 15 is 0 Å². The monoisotopic (exact) mass is 291 g/mol. The van der Waals surface area contributed by atoms with Crippen LogP contribution in [0.25, 0.3) is 0 Å². The Morgan fingerprint density at radius 2 is 1.11 bits per heavy atom. The Kier molecular flexibility index (Phi) is 42.7. The van der Waals surface area contributed by atoms with Crippen molar-refractivity contribution in [2.24, 2.45) is 0 Å². The summed E-state index contributed by atoms with van der Waals surface area (Å²) in [6.07, 6.45) is 0. The third-order valence-electron chi connectivity index (χ3n) is 0. The average molecular weight is 292 g/mol. The second kappa shape index (κ2) is 12.4. The molecule has 0 rings (SSSR count). The van der Waals surface area contributed by atoms with Gasteiger partial charge >= 0.3 is 7.82 Å². The van der Waals surface area contributed by atoms with Crippen LogP contribution < -0.4 is 0 Å². The van der Waals surface area contributed by atoms with Crippen LogP contribution in [0.5, 0.6) is 0 Å². The summed E-state index contributed by atoms with van der Waals surface area (Å²) in [6, 6.07) is 0. The van der Waals surface area contributed by atoms with Gasteiger partial charge in [-0.3, -0.25) is 0 Å². The summed E-state index contributed by atoms with van der Waals surface area (Å²) in [7, 11) is -4.64. The van der Waals surface area contributed by atoms with E-state index < -0.39 is 7.82 Å². The van der Waals surface area contributed by atoms with E-state index in [1.807, 2.05) is 0 Å². The second-order valence-electron chi connectivity index (χ2n) is 0.513. The van der Waals surface area contributed by atoms with Gasteiger partial charge in [0.15, 0.2) is 0 Å². The number of rotatable bonds is 0. The van der Waals surface area contributed by atoms with E-state index in [4.69, 9.17) is 19.2 Å². The zero-order valence-corrected chi connectivity index (χ0v) is 10.3. The van der Waals surface area contributed by atoms with Crippen LogP contribution in [0.1, 0.15) is 0 Å². The first kappa shape index (κ1) is 30.9. The molecule has 9 heteroatoms. The first-order valence-corrected chi connectivity index (χ1v) is 2.35. The van der Waals surface area contributed by atoms with Gasteiger partial charge in [0.2, 0.25) is 0 Å². The molecule has 0 bridgehead atoms. The van der Waals surface area contributed by atoms with Gasteiger partial charge in [0, 0.05) is 53.6 Å². The van der Waals surface area contributed by atoms with Gasteiger partial charge in [0.25, 0.3) is 0 Å². The fourth-order valence-corrected chi connectivity index (χ4v) is 0. The predicted octanol–water partition coefficient (Wildman–Crippen LogP) is -1.76. The normalized spacial score (nSPS) is 6.56. The van der Waals surface area contributed by atoms with Gasteiger partial charge in [-0.15, -0.1) is 0 Å². The molecule has 57 valence electrons. The zero-order chi connectivity index (χ0) is 4.50. The Balaban J connectivity index is -0.0000000133. The fourth-order valence-electron chi connectivity index (χ4n) is 0. The van der Waals surface area contributed by atoms with Crippen LogP contribution in [-0.2, 0) is 58.2 Å². The molecule has 0 aliphatic heterocycles. The van der Waals surface area contributed by atoms with Gasteiger partial charge in [-0.2, -0.15) is 0 Å². The number of hydrogen-bond donors (Lipinski definition) is 3. The van der Waals surface area contributed by atoms with Gasteiger partial charge in [0.05, 0.1) is 0 Å². The van der Waals surface area contributed by atoms with Crippen molar-refractivity contribution in [1.82, 2.24) is 0 Å². The fraction of sp³-hybridized carbons (Fsp3) is 0. The smallest absolute Gasteiger partial charge is 0.412 e. The summed E-state index contributed by atoms with van der Waals surface area (Å²) < 4.78 is 8.88. The molecule has 0 aromatic heterocycles. The molecule has 0 aromatic carbocycles. The molecule has 0 amide bonds. The Hall–Kier alpha value is 1.73. The predicted molar refractivity (Wildman–Crippen MR) is 17.9 cm³/mol. The van der Waals surface area contributed by atoms with Gasteiger partial charge in [-0.05, 0) is 0 Å². The van der Waals surface area contributed by atoms with Gasteiger partial charge < -0.3 is 20.2 Å². The van der Waals surface area contributed by atoms with E-state index in [9.17, 15) is 0 Å². The third-order valence-corrected chi connectivity index (χ3v) is 0. The van der Waals surface area contributed by atoms with E-state index in [2.05, 4.69) is 0 Å². The maximum Gasteiger partial charge on any atom is 0.466 e. The van der Waals surface area contributed by atoms with Crippen LogP contribution in [0.3, 0.4) is 0 Å². The summed E-state index contributed by atoms with van der Waals surface area (Å²) in [4.78, 5) is 21.6. The van der Waals surface area contributed by atoms with Crippen LogP contribution in [0, 0.1) is 0 Å². The van der Waals surface area contributed by atoms with Crippen molar-refractivity contribution in [2.45, 2.75) is 0 Å². The van der Waals surface area contributed by atoms with Gasteiger partial charge in [-0.1, -0.05) is 0 Å². The largest absolute Gasteiger partial charge is 0.466 e. The maximum atomic E-state index is 8.88. The van der Waals surface area contributed by atoms with Crippen molar-refractivity contribution in [3.8, 4) is 0 Å². The van der Waals surface area contributed by atoms with Crippen LogP contribution >= 0.6 is 7.82 Å². The average Bonchev–Trinajstić information content (AvgIpc) is 0.722. The summed E-state index contributed by atoms with van der Waals surface area (Å²) >= 11 is 0. The molecule has 0 saturated heterocycles. The molecule has 0 unspecified atom stereocenters. The molecular weight excluding hydrogens is 287 g/mol. The Morgan fingerprint density at radius 1 is 1.11 bits per heavy atom. The van der Waals surface area contributed by atoms with Crippen LogP contribution in [0.4, 0.5) is 0 Å². The standard InChI is InChI=1S/Fe.Mn.H3O4P.H2O.Zn/c;;1-5(2,3)4;;/h;;(H3,1,2,3,4);1H2;. The molecule has 1 radical (unpaired) electrons. The molecule has 5 N–H and O–H groups in total. The van der Waals surface area contributed by atoms with Crippen LogP contribution in [0.2, 0.25) is 0 Å². The summed E-state index contributed by atoms with van der Waals surface area (Å²) in [5.41, 5.74) is 0. The molecule has 5 nitrogen and oxygen atoms in total. The Morgan fingerprint density at radius 3 is 1.11 bits per heavy atom. The van der Waals surface area contributed by atoms with Crippen LogP contribution in [-0.4, -0.2) is 20.2 Å². The van der Waals surface area contributed by atoms with Crippen molar-refractivity contribution in [2.75, 3.05) is 0 Å². The second-order valence-corrected chi connectivity index (χ2v) is 1.54. The minimum absolute atomic E-state index is 0. The minimum Gasteiger partial charge on any atom is -0.412 e. The van der Waals surface area contributed by atoms with Gasteiger partial charge in [0.1, 0.15) is 0 Å². The molecule has 0 aliphatic rings. The van der Waals surface area contributed by atoms with E-state index in [0.717, 1.165) is 0 Å². The molecule has 9 heavy (non-hydrogen) atoms. The molecule has 0 aliphatic carbocycles. The summed E-state index contributed by atoms with van der Waals surface area (Å²) in [5, 5.41) is 0. The molecule has 0 aromatic rings. The van der Waals surface area contributed by atoms with Crippen molar-refractivity contribution in [3.63, 3.8) is 0 Å². The third kappa shape index (κ3) is 194. The van der Waals surface area contributed by atoms with Crippen molar-refractivity contribution < 1.29 is 78.3 Å². The van der Waals surface area contributed by atoms with Crippen molar-refractivity contribution in [1.29, 1.82) is 0 Å². The minimum atomic E-state index is -4.64. The van der Waals surface area contributed by atoms with E-state index in [0.29, 0.717) is 0 Å². The Bertz CT molecular complexity index is 63.1. The zero-order valence-electron chi connectivity index (χ0n) is 4.14. The molecule has 0 atom stereocenters. The van der Waals surface area contributed by atoms with Crippen LogP contribution in [0.15, 0.2) is 0 Å². The van der Waals surface area contributed by atoms with Gasteiger partial charge in [-0.25, -0.2) is 4.57 Å². The first-order valence-electron chi connectivity index (χ1n) is 0.783. The number of hydrogen-bond acceptors (Lipinski definition) is 1. The molecule has 0 spiro atoms. The molecule has 0 saturated carbocycles. The number of phosphoric acid groups is 1. The summed E-state index contributed by atoms with van der Waals surface area (Å²) in [5.74, 6) is 0. The van der Waals surface area contributed by atoms with Crippen molar-refractivity contribution >= 4 is 7.82 Å². The molecule has 0 fully saturated rings. The quantitative estimate of drug-likeness (QED) is 0.363. The van der Waals surface area contributed by atoms with E-state index in [-0.39, 0.29) is 59.1 Å². The molecule has 0 heterocycles. The van der Waals surface area contributed by atoms with Crippen molar-refractivity contribution in [3.05, 3.63) is 0 Å².